The van der Waals surface area contributed by atoms with Crippen molar-refractivity contribution in [3.05, 3.63) is 0 Å². The highest BCUT2D eigenvalue weighted by Gasteiger charge is 2.47. The second kappa shape index (κ2) is 17.7. The maximum atomic E-state index is 12.7. The molecular formula is C12H27N12O13+. The first-order valence-corrected chi connectivity index (χ1v) is 9.39. The fraction of sp³-hybridized carbons (Fsp3) is 0.500. The Morgan fingerprint density at radius 2 is 1.11 bits per heavy atom. The molecule has 37 heavy (non-hydrogen) atoms. The number of hydrogen-bond donors (Lipinski definition) is 15. The number of hydrogen-bond acceptors (Lipinski definition) is 18. The lowest BCUT2D eigenvalue weighted by atomic mass is 10.4. The van der Waals surface area contributed by atoms with Gasteiger partial charge in [0.15, 0.2) is 13.2 Å². The van der Waals surface area contributed by atoms with Gasteiger partial charge in [0.05, 0.1) is 0 Å². The first-order valence-electron chi connectivity index (χ1n) is 9.39. The predicted octanol–water partition coefficient (Wildman–Crippen LogP) is -8.77. The average Bonchev–Trinajstić information content (AvgIpc) is 2.84. The van der Waals surface area contributed by atoms with Crippen LogP contribution in [-0.4, -0.2) is 121 Å². The lowest BCUT2D eigenvalue weighted by Crippen LogP contribution is -2.70. The van der Waals surface area contributed by atoms with Crippen LogP contribution < -0.4 is 49.6 Å². The van der Waals surface area contributed by atoms with Gasteiger partial charge >= 0.3 is 0 Å². The molecule has 0 aromatic rings. The van der Waals surface area contributed by atoms with Crippen molar-refractivity contribution in [2.24, 2.45) is 0 Å². The van der Waals surface area contributed by atoms with Crippen molar-refractivity contribution in [1.82, 2.24) is 59.7 Å². The van der Waals surface area contributed by atoms with E-state index >= 15 is 0 Å². The molecule has 0 radical (unpaired) electrons. The summed E-state index contributed by atoms with van der Waals surface area (Å²) in [5.41, 5.74) is 12.9. The van der Waals surface area contributed by atoms with Crippen LogP contribution in [-0.2, 0) is 33.6 Å². The zero-order valence-corrected chi connectivity index (χ0v) is 18.6. The molecule has 6 amide bonds. The molecule has 212 valence electrons. The zero-order chi connectivity index (χ0) is 28.4. The molecule has 15 N–H and O–H groups in total. The van der Waals surface area contributed by atoms with Crippen molar-refractivity contribution in [2.75, 3.05) is 39.4 Å². The molecule has 25 heteroatoms. The molecule has 0 fully saturated rings. The van der Waals surface area contributed by atoms with Gasteiger partial charge in [0.25, 0.3) is 35.4 Å². The summed E-state index contributed by atoms with van der Waals surface area (Å²) >= 11 is 0. The summed E-state index contributed by atoms with van der Waals surface area (Å²) in [7, 11) is 0. The Morgan fingerprint density at radius 3 is 1.54 bits per heavy atom. The number of rotatable bonds is 18. The summed E-state index contributed by atoms with van der Waals surface area (Å²) in [6, 6.07) is 0. The van der Waals surface area contributed by atoms with E-state index in [1.165, 1.54) is 27.9 Å². The van der Waals surface area contributed by atoms with Crippen LogP contribution in [0, 0.1) is 0 Å². The molecule has 0 aliphatic heterocycles. The minimum atomic E-state index is -1.77. The second-order valence-electron chi connectivity index (χ2n) is 6.27. The molecule has 0 aliphatic rings. The molecule has 0 atom stereocenters. The largest absolute Gasteiger partial charge is 0.386 e. The van der Waals surface area contributed by atoms with Gasteiger partial charge in [0, 0.05) is 0 Å². The third-order valence-electron chi connectivity index (χ3n) is 3.87. The van der Waals surface area contributed by atoms with E-state index in [0.717, 1.165) is 0 Å². The molecule has 0 saturated carbocycles. The van der Waals surface area contributed by atoms with E-state index in [9.17, 15) is 39.1 Å². The van der Waals surface area contributed by atoms with E-state index in [-0.39, 0.29) is 10.0 Å². The van der Waals surface area contributed by atoms with Crippen LogP contribution in [0.4, 0.5) is 0 Å². The molecule has 0 aromatic heterocycles. The molecule has 0 saturated heterocycles. The maximum absolute atomic E-state index is 12.7. The van der Waals surface area contributed by atoms with Crippen LogP contribution >= 0.6 is 0 Å². The van der Waals surface area contributed by atoms with Crippen LogP contribution in [0.2, 0.25) is 0 Å². The minimum Gasteiger partial charge on any atom is -0.386 e. The lowest BCUT2D eigenvalue weighted by Gasteiger charge is -2.40. The Labute approximate surface area is 205 Å². The monoisotopic (exact) mass is 547 g/mol. The Morgan fingerprint density at radius 1 is 0.649 bits per heavy atom. The van der Waals surface area contributed by atoms with E-state index in [4.69, 9.17) is 25.7 Å². The van der Waals surface area contributed by atoms with Crippen molar-refractivity contribution in [2.45, 2.75) is 0 Å². The lowest BCUT2D eigenvalue weighted by molar-refractivity contribution is -1.17. The van der Waals surface area contributed by atoms with Gasteiger partial charge in [-0.3, -0.25) is 76.5 Å². The third kappa shape index (κ3) is 11.7. The fourth-order valence-electron chi connectivity index (χ4n) is 2.46. The van der Waals surface area contributed by atoms with Crippen LogP contribution in [0.5, 0.6) is 0 Å². The van der Waals surface area contributed by atoms with Gasteiger partial charge in [-0.2, -0.15) is 4.84 Å². The van der Waals surface area contributed by atoms with Crippen LogP contribution in [0.15, 0.2) is 0 Å². The normalized spacial score (nSPS) is 10.8. The SMILES string of the molecule is O=C(CO[N+](CC(=O)NNO)(CC(=O)NNO)N(CC(=O)N(CC(=O)NNO)NO)C(=O)CO)NNO. The smallest absolute Gasteiger partial charge is 0.296 e. The maximum Gasteiger partial charge on any atom is 0.296 e. The molecular weight excluding hydrogens is 520 g/mol. The second-order valence-corrected chi connectivity index (χ2v) is 6.27. The topological polar surface area (TPSA) is 348 Å². The molecule has 0 aliphatic carbocycles. The van der Waals surface area contributed by atoms with Crippen LogP contribution in [0.25, 0.3) is 0 Å². The molecule has 0 spiro atoms. The highest BCUT2D eigenvalue weighted by atomic mass is 16.8. The van der Waals surface area contributed by atoms with Gasteiger partial charge in [-0.25, -0.2) is 5.01 Å². The Bertz CT molecular complexity index is 781. The van der Waals surface area contributed by atoms with E-state index in [2.05, 4.69) is 0 Å². The van der Waals surface area contributed by atoms with Crippen molar-refractivity contribution >= 4 is 35.4 Å². The number of quaternary nitrogens is 1. The van der Waals surface area contributed by atoms with Gasteiger partial charge in [-0.15, -0.1) is 33.0 Å². The Balaban J connectivity index is 6.53. The summed E-state index contributed by atoms with van der Waals surface area (Å²) in [5, 5.41) is 53.6. The molecule has 25 nitrogen and oxygen atoms in total. The third-order valence-corrected chi connectivity index (χ3v) is 3.87. The van der Waals surface area contributed by atoms with Gasteiger partial charge in [-0.1, -0.05) is 4.76 Å². The highest BCUT2D eigenvalue weighted by Crippen LogP contribution is 2.16. The standard InChI is InChI=1S/C12H26N12O13/c25-5-12(31)23(2-11(30)22(21-36)1-7(26)13-17-32)24(3-8(27)14-18-33,4-9(28)15-19-34)37-6-10(29)16-20-35/h17-21,25,32-36H,1-6H2,(H3-,13,14,15,16,26,27,28,29)/p+1. The number of amides is 6. The molecule has 0 heterocycles. The summed E-state index contributed by atoms with van der Waals surface area (Å²) in [6.07, 6.45) is 0. The molecule has 0 bridgehead atoms. The van der Waals surface area contributed by atoms with E-state index < -0.39 is 79.6 Å². The predicted molar refractivity (Wildman–Crippen MR) is 104 cm³/mol. The van der Waals surface area contributed by atoms with Gasteiger partial charge in [-0.05, 0) is 0 Å². The van der Waals surface area contributed by atoms with Crippen LogP contribution in [0.3, 0.4) is 0 Å². The number of nitrogens with one attached hydrogen (secondary N) is 9. The molecule has 0 unspecified atom stereocenters. The highest BCUT2D eigenvalue weighted by molar-refractivity contribution is 5.88. The summed E-state index contributed by atoms with van der Waals surface area (Å²) in [5.74, 6) is -7.55. The van der Waals surface area contributed by atoms with Gasteiger partial charge in [0.2, 0.25) is 13.1 Å². The van der Waals surface area contributed by atoms with Gasteiger partial charge in [0.1, 0.15) is 13.2 Å². The number of nitrogens with zero attached hydrogens (tertiary/aromatic N) is 3. The van der Waals surface area contributed by atoms with Crippen molar-refractivity contribution in [3.8, 4) is 0 Å². The quantitative estimate of drug-likeness (QED) is 0.0559. The number of carbonyl (C=O) groups excluding carboxylic acids is 6. The minimum absolute atomic E-state index is 0.173. The fourth-order valence-corrected chi connectivity index (χ4v) is 2.46. The average molecular weight is 547 g/mol. The number of aliphatic hydroxyl groups is 1. The first-order chi connectivity index (χ1) is 17.5. The Hall–Kier alpha value is -3.70. The number of hydroxylamine groups is 2. The van der Waals surface area contributed by atoms with Crippen molar-refractivity contribution in [1.29, 1.82) is 0 Å². The number of aliphatic hydroxyl groups excluding tert-OH is 1. The van der Waals surface area contributed by atoms with Crippen molar-refractivity contribution in [3.63, 3.8) is 0 Å². The van der Waals surface area contributed by atoms with Crippen molar-refractivity contribution < 1.29 is 69.5 Å². The molecule has 0 aromatic carbocycles. The number of carbonyl (C=O) groups is 6. The van der Waals surface area contributed by atoms with E-state index in [1.54, 1.807) is 21.7 Å². The first kappa shape index (κ1) is 33.3. The van der Waals surface area contributed by atoms with E-state index in [0.29, 0.717) is 0 Å². The van der Waals surface area contributed by atoms with Gasteiger partial charge < -0.3 is 5.11 Å². The Kier molecular flexibility index (Phi) is 15.9. The molecule has 0 rings (SSSR count). The summed E-state index contributed by atoms with van der Waals surface area (Å²) < 4.78 is -1.77. The zero-order valence-electron chi connectivity index (χ0n) is 18.6. The number of hydrazine groups is 5. The summed E-state index contributed by atoms with van der Waals surface area (Å²) in [6.45, 7) is -7.23. The van der Waals surface area contributed by atoms with E-state index in [1.807, 2.05) is 0 Å². The summed E-state index contributed by atoms with van der Waals surface area (Å²) in [4.78, 5) is 78.6. The van der Waals surface area contributed by atoms with Crippen LogP contribution in [0.1, 0.15) is 0 Å².